The minimum Gasteiger partial charge on any atom is -0.382 e. The van der Waals surface area contributed by atoms with Crippen molar-refractivity contribution < 1.29 is 0 Å². The monoisotopic (exact) mass is 169 g/mol. The Labute approximate surface area is 75.0 Å². The van der Waals surface area contributed by atoms with E-state index in [4.69, 9.17) is 5.73 Å². The molecule has 0 atom stereocenters. The van der Waals surface area contributed by atoms with Crippen LogP contribution in [0.1, 0.15) is 33.4 Å². The molecule has 0 aliphatic carbocycles. The van der Waals surface area contributed by atoms with Gasteiger partial charge in [0.1, 0.15) is 5.82 Å². The normalized spacial score (nSPS) is 7.08. The summed E-state index contributed by atoms with van der Waals surface area (Å²) in [6, 6.07) is 3.55. The number of rotatable bonds is 0. The van der Waals surface area contributed by atoms with E-state index in [1.807, 2.05) is 40.7 Å². The highest BCUT2D eigenvalue weighted by atomic mass is 15.1. The van der Waals surface area contributed by atoms with Gasteiger partial charge in [-0.05, 0) is 19.1 Å². The summed E-state index contributed by atoms with van der Waals surface area (Å²) in [5.41, 5.74) is 6.14. The number of nitrogen functional groups attached to an aromatic ring is 1. The predicted molar refractivity (Wildman–Crippen MR) is 53.9 cm³/mol. The molecule has 0 bridgehead atoms. The van der Waals surface area contributed by atoms with Gasteiger partial charge in [-0.1, -0.05) is 27.7 Å². The summed E-state index contributed by atoms with van der Waals surface area (Å²) in [5.74, 6) is 0.468. The maximum Gasteiger partial charge on any atom is 0.146 e. The van der Waals surface area contributed by atoms with Crippen molar-refractivity contribution in [3.63, 3.8) is 0 Å². The van der Waals surface area contributed by atoms with E-state index in [-0.39, 0.29) is 0 Å². The highest BCUT2D eigenvalue weighted by Gasteiger charge is 1.83. The van der Waals surface area contributed by atoms with Crippen LogP contribution in [0.25, 0.3) is 0 Å². The Balaban J connectivity index is 0. The van der Waals surface area contributed by atoms with E-state index in [1.165, 1.54) is 0 Å². The lowest BCUT2D eigenvalue weighted by Gasteiger charge is -1.87. The van der Waals surface area contributed by atoms with Crippen molar-refractivity contribution >= 4 is 5.82 Å². The molecule has 3 heteroatoms. The third-order valence-corrected chi connectivity index (χ3v) is 0.819. The van der Waals surface area contributed by atoms with Gasteiger partial charge in [0.25, 0.3) is 0 Å². The van der Waals surface area contributed by atoms with E-state index in [1.54, 1.807) is 6.07 Å². The third kappa shape index (κ3) is 6.99. The Morgan fingerprint density at radius 1 is 1.00 bits per heavy atom. The Hall–Kier alpha value is -1.12. The van der Waals surface area contributed by atoms with E-state index in [9.17, 15) is 0 Å². The molecular weight excluding hydrogens is 150 g/mol. The molecule has 0 saturated carbocycles. The molecule has 0 aliphatic rings. The quantitative estimate of drug-likeness (QED) is 0.649. The van der Waals surface area contributed by atoms with Gasteiger partial charge in [-0.3, -0.25) is 0 Å². The lowest BCUT2D eigenvalue weighted by molar-refractivity contribution is 0.990. The second kappa shape index (κ2) is 9.88. The molecule has 12 heavy (non-hydrogen) atoms. The topological polar surface area (TPSA) is 51.8 Å². The molecule has 1 rings (SSSR count). The van der Waals surface area contributed by atoms with Crippen LogP contribution in [0.15, 0.2) is 12.1 Å². The van der Waals surface area contributed by atoms with Gasteiger partial charge in [0.15, 0.2) is 0 Å². The van der Waals surface area contributed by atoms with Gasteiger partial charge in [-0.2, -0.15) is 5.10 Å². The van der Waals surface area contributed by atoms with Crippen LogP contribution in [0.3, 0.4) is 0 Å². The molecule has 2 N–H and O–H groups in total. The van der Waals surface area contributed by atoms with Gasteiger partial charge in [0.05, 0.1) is 5.69 Å². The lowest BCUT2D eigenvalue weighted by atomic mass is 10.4. The molecule has 0 spiro atoms. The second-order valence-corrected chi connectivity index (χ2v) is 1.60. The number of aryl methyl sites for hydroxylation is 1. The molecule has 0 unspecified atom stereocenters. The lowest BCUT2D eigenvalue weighted by Crippen LogP contribution is -1.92. The van der Waals surface area contributed by atoms with Crippen LogP contribution in [-0.4, -0.2) is 10.2 Å². The van der Waals surface area contributed by atoms with E-state index in [0.29, 0.717) is 5.82 Å². The zero-order chi connectivity index (χ0) is 9.98. The first-order valence-electron chi connectivity index (χ1n) is 4.35. The van der Waals surface area contributed by atoms with Gasteiger partial charge < -0.3 is 5.73 Å². The van der Waals surface area contributed by atoms with Gasteiger partial charge in [-0.25, -0.2) is 0 Å². The maximum atomic E-state index is 5.25. The van der Waals surface area contributed by atoms with Crippen LogP contribution in [0.5, 0.6) is 0 Å². The standard InChI is InChI=1S/C5H7N3.2C2H6/c1-4-2-3-5(6)8-7-4;2*1-2/h2-3H,1H3,(H2,6,8);2*1-2H3. The van der Waals surface area contributed by atoms with E-state index < -0.39 is 0 Å². The third-order valence-electron chi connectivity index (χ3n) is 0.819. The van der Waals surface area contributed by atoms with Crippen LogP contribution < -0.4 is 5.73 Å². The summed E-state index contributed by atoms with van der Waals surface area (Å²) >= 11 is 0. The van der Waals surface area contributed by atoms with Crippen molar-refractivity contribution in [3.8, 4) is 0 Å². The summed E-state index contributed by atoms with van der Waals surface area (Å²) in [7, 11) is 0. The molecule has 70 valence electrons. The molecule has 0 aliphatic heterocycles. The Kier molecular flexibility index (Phi) is 11.1. The molecule has 0 fully saturated rings. The van der Waals surface area contributed by atoms with Crippen LogP contribution in [0, 0.1) is 6.92 Å². The van der Waals surface area contributed by atoms with Crippen molar-refractivity contribution in [2.45, 2.75) is 34.6 Å². The number of hydrogen-bond donors (Lipinski definition) is 1. The fourth-order valence-corrected chi connectivity index (χ4v) is 0.409. The zero-order valence-electron chi connectivity index (χ0n) is 8.63. The van der Waals surface area contributed by atoms with Crippen LogP contribution in [-0.2, 0) is 0 Å². The molecule has 1 heterocycles. The molecule has 3 nitrogen and oxygen atoms in total. The molecular formula is C9H19N3. The van der Waals surface area contributed by atoms with Crippen LogP contribution in [0.4, 0.5) is 5.82 Å². The van der Waals surface area contributed by atoms with Crippen molar-refractivity contribution in [2.24, 2.45) is 0 Å². The Morgan fingerprint density at radius 2 is 1.50 bits per heavy atom. The maximum absolute atomic E-state index is 5.25. The first kappa shape index (κ1) is 13.5. The minimum atomic E-state index is 0.468. The molecule has 1 aromatic rings. The average molecular weight is 169 g/mol. The highest BCUT2D eigenvalue weighted by molar-refractivity contribution is 5.24. The summed E-state index contributed by atoms with van der Waals surface area (Å²) in [4.78, 5) is 0. The van der Waals surface area contributed by atoms with Crippen molar-refractivity contribution in [2.75, 3.05) is 5.73 Å². The average Bonchev–Trinajstić information content (AvgIpc) is 2.17. The molecule has 0 amide bonds. The number of aromatic nitrogens is 2. The molecule has 0 radical (unpaired) electrons. The minimum absolute atomic E-state index is 0.468. The fourth-order valence-electron chi connectivity index (χ4n) is 0.409. The second-order valence-electron chi connectivity index (χ2n) is 1.60. The summed E-state index contributed by atoms with van der Waals surface area (Å²) in [6.45, 7) is 9.87. The molecule has 0 saturated heterocycles. The van der Waals surface area contributed by atoms with Crippen molar-refractivity contribution in [1.29, 1.82) is 0 Å². The largest absolute Gasteiger partial charge is 0.382 e. The SMILES string of the molecule is CC.CC.Cc1ccc(N)nn1. The number of hydrogen-bond acceptors (Lipinski definition) is 3. The van der Waals surface area contributed by atoms with Gasteiger partial charge in [0.2, 0.25) is 0 Å². The highest BCUT2D eigenvalue weighted by Crippen LogP contribution is 1.92. The van der Waals surface area contributed by atoms with Crippen molar-refractivity contribution in [1.82, 2.24) is 10.2 Å². The fraction of sp³-hybridized carbons (Fsp3) is 0.556. The van der Waals surface area contributed by atoms with Crippen LogP contribution in [0.2, 0.25) is 0 Å². The molecule has 0 aromatic carbocycles. The smallest absolute Gasteiger partial charge is 0.146 e. The summed E-state index contributed by atoms with van der Waals surface area (Å²) in [6.07, 6.45) is 0. The number of nitrogens with two attached hydrogens (primary N) is 1. The first-order chi connectivity index (χ1) is 5.79. The van der Waals surface area contributed by atoms with Gasteiger partial charge >= 0.3 is 0 Å². The Bertz CT molecular complexity index is 149. The van der Waals surface area contributed by atoms with E-state index >= 15 is 0 Å². The number of nitrogens with zero attached hydrogens (tertiary/aromatic N) is 2. The van der Waals surface area contributed by atoms with Crippen molar-refractivity contribution in [3.05, 3.63) is 17.8 Å². The van der Waals surface area contributed by atoms with Crippen LogP contribution >= 0.6 is 0 Å². The molecule has 1 aromatic heterocycles. The number of anilines is 1. The summed E-state index contributed by atoms with van der Waals surface area (Å²) < 4.78 is 0. The van der Waals surface area contributed by atoms with Gasteiger partial charge in [0, 0.05) is 0 Å². The van der Waals surface area contributed by atoms with E-state index in [2.05, 4.69) is 10.2 Å². The van der Waals surface area contributed by atoms with E-state index in [0.717, 1.165) is 5.69 Å². The first-order valence-corrected chi connectivity index (χ1v) is 4.35. The predicted octanol–water partition coefficient (Wildman–Crippen LogP) is 2.42. The van der Waals surface area contributed by atoms with Gasteiger partial charge in [-0.15, -0.1) is 5.10 Å². The summed E-state index contributed by atoms with van der Waals surface area (Å²) in [5, 5.41) is 7.31. The zero-order valence-corrected chi connectivity index (χ0v) is 8.63. The Morgan fingerprint density at radius 3 is 1.75 bits per heavy atom.